The minimum Gasteiger partial charge on any atom is -0.481 e. The molecule has 0 aromatic rings. The lowest BCUT2D eigenvalue weighted by Gasteiger charge is -2.39. The molecule has 2 saturated carbocycles. The molecule has 0 spiro atoms. The summed E-state index contributed by atoms with van der Waals surface area (Å²) in [5.74, 6) is 0.878. The van der Waals surface area contributed by atoms with Gasteiger partial charge in [-0.05, 0) is 57.3 Å². The van der Waals surface area contributed by atoms with E-state index in [0.29, 0.717) is 24.8 Å². The van der Waals surface area contributed by atoms with Gasteiger partial charge in [0.2, 0.25) is 5.91 Å². The fraction of sp³-hybridized carbons (Fsp3) is 0.867. The average molecular weight is 265 g/mol. The van der Waals surface area contributed by atoms with Gasteiger partial charge in [0.1, 0.15) is 0 Å². The SMILES string of the molecule is CC1(C(=O)O)CCCN(C(=O)C(C2CC2)C2CC2)C1. The van der Waals surface area contributed by atoms with E-state index in [-0.39, 0.29) is 11.8 Å². The van der Waals surface area contributed by atoms with Gasteiger partial charge in [0.15, 0.2) is 0 Å². The van der Waals surface area contributed by atoms with E-state index in [9.17, 15) is 14.7 Å². The molecule has 0 aromatic carbocycles. The standard InChI is InChI=1S/C15H23NO3/c1-15(14(18)19)7-2-8-16(9-15)13(17)12(10-3-4-10)11-5-6-11/h10-12H,2-9H2,1H3,(H,18,19). The summed E-state index contributed by atoms with van der Waals surface area (Å²) in [6.07, 6.45) is 6.27. The second kappa shape index (κ2) is 4.50. The van der Waals surface area contributed by atoms with Crippen LogP contribution in [0.25, 0.3) is 0 Å². The molecule has 106 valence electrons. The maximum Gasteiger partial charge on any atom is 0.311 e. The van der Waals surface area contributed by atoms with Gasteiger partial charge in [0, 0.05) is 19.0 Å². The third kappa shape index (κ3) is 2.49. The molecule has 4 heteroatoms. The molecule has 3 aliphatic rings. The van der Waals surface area contributed by atoms with Crippen molar-refractivity contribution in [1.29, 1.82) is 0 Å². The van der Waals surface area contributed by atoms with Gasteiger partial charge < -0.3 is 10.0 Å². The van der Waals surface area contributed by atoms with Gasteiger partial charge >= 0.3 is 5.97 Å². The Bertz CT molecular complexity index is 388. The number of carbonyl (C=O) groups is 2. The van der Waals surface area contributed by atoms with Crippen molar-refractivity contribution in [3.05, 3.63) is 0 Å². The van der Waals surface area contributed by atoms with E-state index in [2.05, 4.69) is 0 Å². The Labute approximate surface area is 114 Å². The third-order valence-corrected chi connectivity index (χ3v) is 5.07. The van der Waals surface area contributed by atoms with Gasteiger partial charge in [-0.25, -0.2) is 0 Å². The summed E-state index contributed by atoms with van der Waals surface area (Å²) in [4.78, 5) is 25.9. The summed E-state index contributed by atoms with van der Waals surface area (Å²) in [6.45, 7) is 2.92. The van der Waals surface area contributed by atoms with Gasteiger partial charge in [-0.2, -0.15) is 0 Å². The lowest BCUT2D eigenvalue weighted by Crippen LogP contribution is -2.50. The lowest BCUT2D eigenvalue weighted by molar-refractivity contribution is -0.154. The summed E-state index contributed by atoms with van der Waals surface area (Å²) in [6, 6.07) is 0. The topological polar surface area (TPSA) is 57.6 Å². The van der Waals surface area contributed by atoms with Crippen LogP contribution in [0.15, 0.2) is 0 Å². The normalized spacial score (nSPS) is 31.6. The number of piperidine rings is 1. The number of hydrogen-bond donors (Lipinski definition) is 1. The predicted octanol–water partition coefficient (Wildman–Crippen LogP) is 2.14. The fourth-order valence-electron chi connectivity index (χ4n) is 3.51. The Morgan fingerprint density at radius 3 is 2.26 bits per heavy atom. The fourth-order valence-corrected chi connectivity index (χ4v) is 3.51. The van der Waals surface area contributed by atoms with E-state index in [4.69, 9.17) is 0 Å². The second-order valence-electron chi connectivity index (χ2n) is 6.93. The molecule has 1 aliphatic heterocycles. The molecule has 1 amide bonds. The quantitative estimate of drug-likeness (QED) is 0.847. The first-order chi connectivity index (χ1) is 9.01. The van der Waals surface area contributed by atoms with Crippen LogP contribution in [-0.2, 0) is 9.59 Å². The van der Waals surface area contributed by atoms with Crippen molar-refractivity contribution in [2.45, 2.75) is 45.4 Å². The minimum atomic E-state index is -0.764. The number of amides is 1. The van der Waals surface area contributed by atoms with Crippen molar-refractivity contribution in [2.24, 2.45) is 23.2 Å². The van der Waals surface area contributed by atoms with Crippen LogP contribution in [0.2, 0.25) is 0 Å². The summed E-state index contributed by atoms with van der Waals surface area (Å²) in [5.41, 5.74) is -0.744. The van der Waals surface area contributed by atoms with Crippen molar-refractivity contribution in [3.8, 4) is 0 Å². The smallest absolute Gasteiger partial charge is 0.311 e. The second-order valence-corrected chi connectivity index (χ2v) is 6.93. The Morgan fingerprint density at radius 1 is 1.21 bits per heavy atom. The van der Waals surface area contributed by atoms with Crippen molar-refractivity contribution < 1.29 is 14.7 Å². The molecular formula is C15H23NO3. The molecule has 19 heavy (non-hydrogen) atoms. The molecule has 1 N–H and O–H groups in total. The van der Waals surface area contributed by atoms with E-state index in [1.165, 1.54) is 25.7 Å². The van der Waals surface area contributed by atoms with Gasteiger partial charge in [-0.15, -0.1) is 0 Å². The molecule has 1 saturated heterocycles. The number of rotatable bonds is 4. The summed E-state index contributed by atoms with van der Waals surface area (Å²) in [7, 11) is 0. The highest BCUT2D eigenvalue weighted by atomic mass is 16.4. The van der Waals surface area contributed by atoms with E-state index < -0.39 is 11.4 Å². The highest BCUT2D eigenvalue weighted by Gasteiger charge is 2.49. The molecule has 4 nitrogen and oxygen atoms in total. The average Bonchev–Trinajstić information content (AvgIpc) is 3.23. The molecule has 2 aliphatic carbocycles. The van der Waals surface area contributed by atoms with Crippen LogP contribution in [0, 0.1) is 23.2 Å². The van der Waals surface area contributed by atoms with Gasteiger partial charge in [-0.1, -0.05) is 0 Å². The van der Waals surface area contributed by atoms with E-state index in [1.54, 1.807) is 6.92 Å². The first-order valence-electron chi connectivity index (χ1n) is 7.53. The Kier molecular flexibility index (Phi) is 3.06. The molecular weight excluding hydrogens is 242 g/mol. The molecule has 0 bridgehead atoms. The third-order valence-electron chi connectivity index (χ3n) is 5.07. The summed E-state index contributed by atoms with van der Waals surface area (Å²) in [5, 5.41) is 9.34. The molecule has 1 heterocycles. The van der Waals surface area contributed by atoms with E-state index >= 15 is 0 Å². The number of hydrogen-bond acceptors (Lipinski definition) is 2. The number of likely N-dealkylation sites (tertiary alicyclic amines) is 1. The van der Waals surface area contributed by atoms with Gasteiger partial charge in [0.25, 0.3) is 0 Å². The van der Waals surface area contributed by atoms with E-state index in [1.807, 2.05) is 4.90 Å². The van der Waals surface area contributed by atoms with Crippen LogP contribution < -0.4 is 0 Å². The molecule has 0 radical (unpaired) electrons. The number of nitrogens with zero attached hydrogens (tertiary/aromatic N) is 1. The van der Waals surface area contributed by atoms with E-state index in [0.717, 1.165) is 13.0 Å². The maximum atomic E-state index is 12.7. The highest BCUT2D eigenvalue weighted by Crippen LogP contribution is 2.50. The number of aliphatic carboxylic acids is 1. The highest BCUT2D eigenvalue weighted by molar-refractivity contribution is 5.82. The zero-order valence-electron chi connectivity index (χ0n) is 11.6. The molecule has 1 unspecified atom stereocenters. The van der Waals surface area contributed by atoms with Crippen LogP contribution in [-0.4, -0.2) is 35.0 Å². The number of carbonyl (C=O) groups excluding carboxylic acids is 1. The van der Waals surface area contributed by atoms with Crippen LogP contribution >= 0.6 is 0 Å². The Morgan fingerprint density at radius 2 is 1.79 bits per heavy atom. The molecule has 3 rings (SSSR count). The predicted molar refractivity (Wildman–Crippen MR) is 70.5 cm³/mol. The maximum absolute atomic E-state index is 12.7. The molecule has 0 aromatic heterocycles. The van der Waals surface area contributed by atoms with Crippen molar-refractivity contribution in [1.82, 2.24) is 4.90 Å². The zero-order chi connectivity index (χ0) is 13.6. The van der Waals surface area contributed by atoms with Crippen LogP contribution in [0.1, 0.15) is 45.4 Å². The monoisotopic (exact) mass is 265 g/mol. The van der Waals surface area contributed by atoms with Crippen LogP contribution in [0.5, 0.6) is 0 Å². The molecule has 1 atom stereocenters. The van der Waals surface area contributed by atoms with Gasteiger partial charge in [0.05, 0.1) is 5.41 Å². The largest absolute Gasteiger partial charge is 0.481 e. The first-order valence-corrected chi connectivity index (χ1v) is 7.53. The number of carboxylic acids is 1. The summed E-state index contributed by atoms with van der Waals surface area (Å²) < 4.78 is 0. The van der Waals surface area contributed by atoms with Crippen LogP contribution in [0.3, 0.4) is 0 Å². The lowest BCUT2D eigenvalue weighted by atomic mass is 9.81. The zero-order valence-corrected chi connectivity index (χ0v) is 11.6. The van der Waals surface area contributed by atoms with Crippen molar-refractivity contribution in [2.75, 3.05) is 13.1 Å². The van der Waals surface area contributed by atoms with Crippen molar-refractivity contribution >= 4 is 11.9 Å². The Hall–Kier alpha value is -1.06. The molecule has 3 fully saturated rings. The first kappa shape index (κ1) is 12.9. The number of carboxylic acid groups (broad SMARTS) is 1. The minimum absolute atomic E-state index is 0.205. The Balaban J connectivity index is 1.70. The van der Waals surface area contributed by atoms with Gasteiger partial charge in [-0.3, -0.25) is 9.59 Å². The van der Waals surface area contributed by atoms with Crippen molar-refractivity contribution in [3.63, 3.8) is 0 Å². The van der Waals surface area contributed by atoms with Crippen LogP contribution in [0.4, 0.5) is 0 Å². The summed E-state index contributed by atoms with van der Waals surface area (Å²) >= 11 is 0.